The minimum absolute atomic E-state index is 0.0668. The second-order valence-electron chi connectivity index (χ2n) is 6.69. The summed E-state index contributed by atoms with van der Waals surface area (Å²) in [4.78, 5) is 12.6. The third-order valence-electron chi connectivity index (χ3n) is 4.93. The summed E-state index contributed by atoms with van der Waals surface area (Å²) in [6.07, 6.45) is 0.905. The van der Waals surface area contributed by atoms with E-state index in [1.807, 2.05) is 24.3 Å². The monoisotopic (exact) mass is 482 g/mol. The molecule has 1 aliphatic heterocycles. The van der Waals surface area contributed by atoms with E-state index < -0.39 is 10.0 Å². The van der Waals surface area contributed by atoms with Crippen LogP contribution in [0.2, 0.25) is 0 Å². The maximum absolute atomic E-state index is 13.1. The van der Waals surface area contributed by atoms with Gasteiger partial charge in [-0.2, -0.15) is 4.31 Å². The summed E-state index contributed by atoms with van der Waals surface area (Å²) >= 11 is 3.36. The lowest BCUT2D eigenvalue weighted by Gasteiger charge is -2.31. The fourth-order valence-corrected chi connectivity index (χ4v) is 5.17. The van der Waals surface area contributed by atoms with Crippen molar-refractivity contribution in [2.75, 3.05) is 32.6 Å². The number of carbonyl (C=O) groups excluding carboxylic acids is 1. The van der Waals surface area contributed by atoms with Crippen molar-refractivity contribution < 1.29 is 22.7 Å². The number of amides is 1. The minimum atomic E-state index is -3.76. The van der Waals surface area contributed by atoms with Gasteiger partial charge in [0.05, 0.1) is 14.2 Å². The molecule has 0 spiro atoms. The van der Waals surface area contributed by atoms with Gasteiger partial charge in [0.15, 0.2) is 0 Å². The Morgan fingerprint density at radius 1 is 1.07 bits per heavy atom. The zero-order valence-electron chi connectivity index (χ0n) is 16.2. The molecule has 0 bridgehead atoms. The van der Waals surface area contributed by atoms with Crippen LogP contribution in [0.1, 0.15) is 12.8 Å². The van der Waals surface area contributed by atoms with Gasteiger partial charge in [0.25, 0.3) is 0 Å². The molecule has 2 aromatic carbocycles. The first-order valence-corrected chi connectivity index (χ1v) is 11.4. The van der Waals surface area contributed by atoms with E-state index in [1.54, 1.807) is 12.1 Å². The smallest absolute Gasteiger partial charge is 0.246 e. The highest BCUT2D eigenvalue weighted by molar-refractivity contribution is 9.10. The molecule has 1 saturated heterocycles. The Kier molecular flexibility index (Phi) is 6.81. The molecule has 0 saturated carbocycles. The first kappa shape index (κ1) is 21.6. The Hall–Kier alpha value is -2.10. The second kappa shape index (κ2) is 9.15. The Labute approximate surface area is 179 Å². The Bertz CT molecular complexity index is 971. The zero-order valence-corrected chi connectivity index (χ0v) is 18.6. The molecule has 1 amide bonds. The number of nitrogens with one attached hydrogen (secondary N) is 1. The first-order valence-electron chi connectivity index (χ1n) is 9.13. The molecule has 1 fully saturated rings. The molecule has 156 valence electrons. The van der Waals surface area contributed by atoms with Gasteiger partial charge < -0.3 is 14.8 Å². The molecule has 1 heterocycles. The van der Waals surface area contributed by atoms with Crippen molar-refractivity contribution in [1.82, 2.24) is 4.31 Å². The van der Waals surface area contributed by atoms with Gasteiger partial charge >= 0.3 is 0 Å². The SMILES string of the molecule is COc1ccc(OC)c(S(=O)(=O)N2CCC(C(=O)Nc3ccc(Br)cc3)CC2)c1. The van der Waals surface area contributed by atoms with Gasteiger partial charge in [-0.3, -0.25) is 4.79 Å². The number of hydrogen-bond acceptors (Lipinski definition) is 5. The number of nitrogens with zero attached hydrogens (tertiary/aromatic N) is 1. The number of anilines is 1. The quantitative estimate of drug-likeness (QED) is 0.680. The fraction of sp³-hybridized carbons (Fsp3) is 0.350. The molecule has 0 aliphatic carbocycles. The highest BCUT2D eigenvalue weighted by Crippen LogP contribution is 2.32. The number of ether oxygens (including phenoxy) is 2. The van der Waals surface area contributed by atoms with Gasteiger partial charge in [-0.25, -0.2) is 8.42 Å². The predicted molar refractivity (Wildman–Crippen MR) is 114 cm³/mol. The molecule has 9 heteroatoms. The molecule has 2 aromatic rings. The molecule has 1 aliphatic rings. The van der Waals surface area contributed by atoms with E-state index in [4.69, 9.17) is 9.47 Å². The van der Waals surface area contributed by atoms with Crippen molar-refractivity contribution in [3.8, 4) is 11.5 Å². The van der Waals surface area contributed by atoms with Crippen molar-refractivity contribution in [2.24, 2.45) is 5.92 Å². The number of sulfonamides is 1. The van der Waals surface area contributed by atoms with Gasteiger partial charge in [0.2, 0.25) is 15.9 Å². The van der Waals surface area contributed by atoms with E-state index in [2.05, 4.69) is 21.2 Å². The van der Waals surface area contributed by atoms with Crippen LogP contribution >= 0.6 is 15.9 Å². The van der Waals surface area contributed by atoms with Crippen LogP contribution in [-0.4, -0.2) is 45.9 Å². The molecule has 0 atom stereocenters. The lowest BCUT2D eigenvalue weighted by molar-refractivity contribution is -0.120. The van der Waals surface area contributed by atoms with Crippen LogP contribution in [-0.2, 0) is 14.8 Å². The molecule has 29 heavy (non-hydrogen) atoms. The van der Waals surface area contributed by atoms with E-state index >= 15 is 0 Å². The van der Waals surface area contributed by atoms with Crippen LogP contribution in [0, 0.1) is 5.92 Å². The lowest BCUT2D eigenvalue weighted by atomic mass is 9.97. The molecule has 7 nitrogen and oxygen atoms in total. The fourth-order valence-electron chi connectivity index (χ4n) is 3.26. The number of rotatable bonds is 6. The van der Waals surface area contributed by atoms with Gasteiger partial charge in [-0.1, -0.05) is 15.9 Å². The summed E-state index contributed by atoms with van der Waals surface area (Å²) in [5, 5.41) is 2.89. The molecule has 0 radical (unpaired) electrons. The van der Waals surface area contributed by atoms with Crippen LogP contribution in [0.5, 0.6) is 11.5 Å². The largest absolute Gasteiger partial charge is 0.497 e. The van der Waals surface area contributed by atoms with Crippen LogP contribution in [0.4, 0.5) is 5.69 Å². The first-order chi connectivity index (χ1) is 13.8. The summed E-state index contributed by atoms with van der Waals surface area (Å²) in [6.45, 7) is 0.530. The van der Waals surface area contributed by atoms with Crippen molar-refractivity contribution in [2.45, 2.75) is 17.7 Å². The number of methoxy groups -OCH3 is 2. The average Bonchev–Trinajstić information content (AvgIpc) is 2.74. The van der Waals surface area contributed by atoms with Gasteiger partial charge in [0, 0.05) is 35.2 Å². The standard InChI is InChI=1S/C20H23BrN2O5S/c1-27-17-7-8-18(28-2)19(13-17)29(25,26)23-11-9-14(10-12-23)20(24)22-16-5-3-15(21)4-6-16/h3-8,13-14H,9-12H2,1-2H3,(H,22,24). The summed E-state index contributed by atoms with van der Waals surface area (Å²) in [7, 11) is -0.849. The highest BCUT2D eigenvalue weighted by atomic mass is 79.9. The van der Waals surface area contributed by atoms with Crippen LogP contribution in [0.15, 0.2) is 51.8 Å². The third kappa shape index (κ3) is 4.91. The zero-order chi connectivity index (χ0) is 21.0. The normalized spacial score (nSPS) is 15.7. The van der Waals surface area contributed by atoms with E-state index in [0.717, 1.165) is 10.2 Å². The molecule has 3 rings (SSSR count). The summed E-state index contributed by atoms with van der Waals surface area (Å²) in [5.74, 6) is 0.370. The predicted octanol–water partition coefficient (Wildman–Crippen LogP) is 3.51. The molecular formula is C20H23BrN2O5S. The topological polar surface area (TPSA) is 84.9 Å². The highest BCUT2D eigenvalue weighted by Gasteiger charge is 2.34. The molecule has 0 aromatic heterocycles. The average molecular weight is 483 g/mol. The van der Waals surface area contributed by atoms with E-state index in [9.17, 15) is 13.2 Å². The minimum Gasteiger partial charge on any atom is -0.497 e. The van der Waals surface area contributed by atoms with Crippen LogP contribution in [0.3, 0.4) is 0 Å². The number of carbonyl (C=O) groups is 1. The van der Waals surface area contributed by atoms with Crippen LogP contribution in [0.25, 0.3) is 0 Å². The third-order valence-corrected chi connectivity index (χ3v) is 7.37. The van der Waals surface area contributed by atoms with Gasteiger partial charge in [0.1, 0.15) is 16.4 Å². The number of benzene rings is 2. The Balaban J connectivity index is 1.68. The van der Waals surface area contributed by atoms with Crippen molar-refractivity contribution in [3.05, 3.63) is 46.9 Å². The van der Waals surface area contributed by atoms with Crippen LogP contribution < -0.4 is 14.8 Å². The summed E-state index contributed by atoms with van der Waals surface area (Å²) in [6, 6.07) is 12.0. The summed E-state index contributed by atoms with van der Waals surface area (Å²) < 4.78 is 39.0. The molecular weight excluding hydrogens is 460 g/mol. The summed E-state index contributed by atoms with van der Waals surface area (Å²) in [5.41, 5.74) is 0.717. The van der Waals surface area contributed by atoms with Crippen molar-refractivity contribution >= 4 is 37.5 Å². The van der Waals surface area contributed by atoms with E-state index in [-0.39, 0.29) is 35.6 Å². The Morgan fingerprint density at radius 3 is 2.31 bits per heavy atom. The number of halogens is 1. The molecule has 0 unspecified atom stereocenters. The number of piperidine rings is 1. The van der Waals surface area contributed by atoms with E-state index in [1.165, 1.54) is 24.6 Å². The van der Waals surface area contributed by atoms with Gasteiger partial charge in [-0.05, 0) is 49.2 Å². The van der Waals surface area contributed by atoms with Crippen molar-refractivity contribution in [3.63, 3.8) is 0 Å². The second-order valence-corrected chi connectivity index (χ2v) is 9.51. The molecule has 1 N–H and O–H groups in total. The maximum atomic E-state index is 13.1. The number of hydrogen-bond donors (Lipinski definition) is 1. The van der Waals surface area contributed by atoms with Gasteiger partial charge in [-0.15, -0.1) is 0 Å². The van der Waals surface area contributed by atoms with E-state index in [0.29, 0.717) is 18.6 Å². The van der Waals surface area contributed by atoms with Crippen molar-refractivity contribution in [1.29, 1.82) is 0 Å². The lowest BCUT2D eigenvalue weighted by Crippen LogP contribution is -2.41. The Morgan fingerprint density at radius 2 is 1.72 bits per heavy atom. The maximum Gasteiger partial charge on any atom is 0.246 e.